The van der Waals surface area contributed by atoms with E-state index in [2.05, 4.69) is 0 Å². The summed E-state index contributed by atoms with van der Waals surface area (Å²) in [6.45, 7) is -0.308. The average molecular weight is 567 g/mol. The van der Waals surface area contributed by atoms with Gasteiger partial charge in [-0.05, 0) is 71.9 Å². The first-order valence-corrected chi connectivity index (χ1v) is 12.2. The number of thioether (sulfide) groups is 1. The molecule has 0 spiro atoms. The van der Waals surface area contributed by atoms with Gasteiger partial charge in [0.05, 0.1) is 29.1 Å². The van der Waals surface area contributed by atoms with Crippen molar-refractivity contribution in [2.24, 2.45) is 0 Å². The van der Waals surface area contributed by atoms with Crippen LogP contribution in [0.4, 0.5) is 9.18 Å². The lowest BCUT2D eigenvalue weighted by Gasteiger charge is -2.14. The van der Waals surface area contributed by atoms with Crippen molar-refractivity contribution in [1.29, 1.82) is 0 Å². The molecule has 1 saturated heterocycles. The van der Waals surface area contributed by atoms with E-state index in [0.717, 1.165) is 4.90 Å². The maximum atomic E-state index is 14.2. The Morgan fingerprint density at radius 2 is 1.78 bits per heavy atom. The predicted octanol–water partition coefficient (Wildman–Crippen LogP) is 7.25. The third-order valence-electron chi connectivity index (χ3n) is 5.08. The molecule has 1 heterocycles. The van der Waals surface area contributed by atoms with Gasteiger partial charge in [0.25, 0.3) is 11.1 Å². The van der Waals surface area contributed by atoms with Gasteiger partial charge in [0.15, 0.2) is 11.5 Å². The first kappa shape index (κ1) is 26.0. The van der Waals surface area contributed by atoms with Crippen LogP contribution in [-0.4, -0.2) is 29.1 Å². The molecule has 184 valence electrons. The predicted molar refractivity (Wildman–Crippen MR) is 137 cm³/mol. The van der Waals surface area contributed by atoms with Gasteiger partial charge in [-0.2, -0.15) is 0 Å². The van der Waals surface area contributed by atoms with Crippen LogP contribution in [0.3, 0.4) is 0 Å². The van der Waals surface area contributed by atoms with E-state index in [1.807, 2.05) is 0 Å². The number of ether oxygens (including phenoxy) is 2. The molecule has 0 aromatic heterocycles. The van der Waals surface area contributed by atoms with Crippen LogP contribution in [0.25, 0.3) is 6.08 Å². The van der Waals surface area contributed by atoms with Crippen LogP contribution < -0.4 is 9.47 Å². The molecule has 0 radical (unpaired) electrons. The second kappa shape index (κ2) is 10.9. The van der Waals surface area contributed by atoms with Crippen LogP contribution in [0.15, 0.2) is 59.5 Å². The Balaban J connectivity index is 1.58. The second-order valence-electron chi connectivity index (χ2n) is 7.40. The van der Waals surface area contributed by atoms with E-state index < -0.39 is 22.9 Å². The Labute approximate surface area is 224 Å². The fourth-order valence-corrected chi connectivity index (χ4v) is 4.73. The average Bonchev–Trinajstić information content (AvgIpc) is 3.10. The highest BCUT2D eigenvalue weighted by Gasteiger charge is 2.36. The summed E-state index contributed by atoms with van der Waals surface area (Å²) >= 11 is 18.9. The van der Waals surface area contributed by atoms with Crippen molar-refractivity contribution in [3.63, 3.8) is 0 Å². The Bertz CT molecular complexity index is 1390. The normalized spacial score (nSPS) is 14.5. The minimum absolute atomic E-state index is 0.0152. The van der Waals surface area contributed by atoms with Gasteiger partial charge >= 0.3 is 5.97 Å². The molecule has 0 unspecified atom stereocenters. The smallest absolute Gasteiger partial charge is 0.343 e. The SMILES string of the molecule is COc1cc(/C=C2\SC(=O)N(Cc3c(F)cccc3Cl)C2=O)cc(Cl)c1OC(=O)c1ccc(Cl)cc1. The van der Waals surface area contributed by atoms with Gasteiger partial charge in [0.2, 0.25) is 0 Å². The lowest BCUT2D eigenvalue weighted by atomic mass is 10.1. The number of nitrogens with zero attached hydrogens (tertiary/aromatic N) is 1. The molecule has 11 heteroatoms. The molecule has 3 aromatic carbocycles. The van der Waals surface area contributed by atoms with Crippen LogP contribution in [0.2, 0.25) is 15.1 Å². The highest BCUT2D eigenvalue weighted by Crippen LogP contribution is 2.40. The maximum Gasteiger partial charge on any atom is 0.343 e. The van der Waals surface area contributed by atoms with Gasteiger partial charge in [-0.3, -0.25) is 14.5 Å². The monoisotopic (exact) mass is 565 g/mol. The zero-order valence-electron chi connectivity index (χ0n) is 18.4. The fourth-order valence-electron chi connectivity index (χ4n) is 3.29. The third kappa shape index (κ3) is 5.52. The van der Waals surface area contributed by atoms with E-state index in [0.29, 0.717) is 22.3 Å². The largest absolute Gasteiger partial charge is 0.493 e. The highest BCUT2D eigenvalue weighted by atomic mass is 35.5. The summed E-state index contributed by atoms with van der Waals surface area (Å²) in [5, 5.41) is 0.0450. The molecule has 4 rings (SSSR count). The van der Waals surface area contributed by atoms with Crippen LogP contribution in [0, 0.1) is 5.82 Å². The molecular weight excluding hydrogens is 552 g/mol. The molecule has 3 aromatic rings. The number of benzene rings is 3. The van der Waals surface area contributed by atoms with Gasteiger partial charge in [0, 0.05) is 15.6 Å². The van der Waals surface area contributed by atoms with E-state index in [4.69, 9.17) is 44.3 Å². The molecule has 0 N–H and O–H groups in total. The summed E-state index contributed by atoms with van der Waals surface area (Å²) in [6, 6.07) is 13.2. The number of imide groups is 1. The number of hydrogen-bond donors (Lipinski definition) is 0. The maximum absolute atomic E-state index is 14.2. The topological polar surface area (TPSA) is 72.9 Å². The molecular formula is C25H15Cl3FNO5S. The van der Waals surface area contributed by atoms with Crippen LogP contribution >= 0.6 is 46.6 Å². The summed E-state index contributed by atoms with van der Waals surface area (Å²) in [5.74, 6) is -1.79. The van der Waals surface area contributed by atoms with Crippen molar-refractivity contribution in [3.8, 4) is 11.5 Å². The lowest BCUT2D eigenvalue weighted by molar-refractivity contribution is -0.123. The Kier molecular flexibility index (Phi) is 7.90. The zero-order valence-corrected chi connectivity index (χ0v) is 21.5. The van der Waals surface area contributed by atoms with Crippen molar-refractivity contribution in [2.45, 2.75) is 6.54 Å². The summed E-state index contributed by atoms with van der Waals surface area (Å²) in [6.07, 6.45) is 1.44. The van der Waals surface area contributed by atoms with Crippen molar-refractivity contribution < 1.29 is 28.2 Å². The quantitative estimate of drug-likeness (QED) is 0.178. The minimum Gasteiger partial charge on any atom is -0.493 e. The van der Waals surface area contributed by atoms with E-state index in [-0.39, 0.29) is 44.1 Å². The van der Waals surface area contributed by atoms with Gasteiger partial charge in [-0.25, -0.2) is 9.18 Å². The number of rotatable bonds is 6. The summed E-state index contributed by atoms with van der Waals surface area (Å²) in [4.78, 5) is 38.9. The minimum atomic E-state index is -0.674. The molecule has 1 aliphatic heterocycles. The zero-order chi connectivity index (χ0) is 26.0. The molecule has 36 heavy (non-hydrogen) atoms. The molecule has 0 bridgehead atoms. The summed E-state index contributed by atoms with van der Waals surface area (Å²) < 4.78 is 24.9. The van der Waals surface area contributed by atoms with Crippen molar-refractivity contribution in [1.82, 2.24) is 4.90 Å². The Hall–Kier alpha value is -3.04. The molecule has 0 atom stereocenters. The molecule has 0 saturated carbocycles. The third-order valence-corrected chi connectivity index (χ3v) is 6.87. The van der Waals surface area contributed by atoms with Gasteiger partial charge in [-0.15, -0.1) is 0 Å². The molecule has 1 fully saturated rings. The van der Waals surface area contributed by atoms with Gasteiger partial charge in [-0.1, -0.05) is 40.9 Å². The van der Waals surface area contributed by atoms with Crippen LogP contribution in [0.1, 0.15) is 21.5 Å². The Morgan fingerprint density at radius 1 is 1.06 bits per heavy atom. The van der Waals surface area contributed by atoms with E-state index >= 15 is 0 Å². The van der Waals surface area contributed by atoms with E-state index in [1.165, 1.54) is 55.7 Å². The van der Waals surface area contributed by atoms with Crippen LogP contribution in [0.5, 0.6) is 11.5 Å². The first-order chi connectivity index (χ1) is 17.2. The van der Waals surface area contributed by atoms with Crippen molar-refractivity contribution >= 4 is 69.8 Å². The van der Waals surface area contributed by atoms with Gasteiger partial charge < -0.3 is 9.47 Å². The standard InChI is InChI=1S/C25H15Cl3FNO5S/c1-34-20-10-13(9-18(28)22(20)35-24(32)14-5-7-15(26)8-6-14)11-21-23(31)30(25(33)36-21)12-16-17(27)3-2-4-19(16)29/h2-11H,12H2,1H3/b21-11-. The number of hydrogen-bond acceptors (Lipinski definition) is 6. The number of esters is 1. The first-order valence-electron chi connectivity index (χ1n) is 10.2. The number of carbonyl (C=O) groups is 3. The van der Waals surface area contributed by atoms with Gasteiger partial charge in [0.1, 0.15) is 5.82 Å². The highest BCUT2D eigenvalue weighted by molar-refractivity contribution is 8.18. The second-order valence-corrected chi connectivity index (χ2v) is 9.64. The van der Waals surface area contributed by atoms with Crippen molar-refractivity contribution in [2.75, 3.05) is 7.11 Å². The number of carbonyl (C=O) groups excluding carboxylic acids is 3. The molecule has 0 aliphatic carbocycles. The molecule has 1 aliphatic rings. The summed E-state index contributed by atoms with van der Waals surface area (Å²) in [5.41, 5.74) is 0.710. The number of amides is 2. The lowest BCUT2D eigenvalue weighted by Crippen LogP contribution is -2.28. The van der Waals surface area contributed by atoms with E-state index in [1.54, 1.807) is 12.1 Å². The number of halogens is 4. The van der Waals surface area contributed by atoms with E-state index in [9.17, 15) is 18.8 Å². The Morgan fingerprint density at radius 3 is 2.44 bits per heavy atom. The molecule has 2 amide bonds. The fraction of sp³-hybridized carbons (Fsp3) is 0.0800. The van der Waals surface area contributed by atoms with Crippen LogP contribution in [-0.2, 0) is 11.3 Å². The summed E-state index contributed by atoms with van der Waals surface area (Å²) in [7, 11) is 1.36. The van der Waals surface area contributed by atoms with Crippen molar-refractivity contribution in [3.05, 3.63) is 97.1 Å². The molecule has 6 nitrogen and oxygen atoms in total. The number of methoxy groups -OCH3 is 1.